The average molecular weight is 391 g/mol. The monoisotopic (exact) mass is 391 g/mol. The molecule has 0 bridgehead atoms. The van der Waals surface area contributed by atoms with Crippen LogP contribution in [-0.2, 0) is 14.8 Å². The van der Waals surface area contributed by atoms with Gasteiger partial charge >= 0.3 is 0 Å². The highest BCUT2D eigenvalue weighted by molar-refractivity contribution is 7.93. The van der Waals surface area contributed by atoms with Crippen LogP contribution in [0.25, 0.3) is 10.2 Å². The van der Waals surface area contributed by atoms with Crippen LogP contribution >= 0.6 is 11.3 Å². The van der Waals surface area contributed by atoms with Crippen LogP contribution in [0.2, 0.25) is 0 Å². The van der Waals surface area contributed by atoms with Crippen LogP contribution in [0.4, 0.5) is 10.8 Å². The lowest BCUT2D eigenvalue weighted by Crippen LogP contribution is -2.15. The van der Waals surface area contributed by atoms with Crippen molar-refractivity contribution in [2.45, 2.75) is 18.7 Å². The summed E-state index contributed by atoms with van der Waals surface area (Å²) in [6.07, 6.45) is 0. The van der Waals surface area contributed by atoms with Crippen molar-refractivity contribution in [3.8, 4) is 5.75 Å². The van der Waals surface area contributed by atoms with Gasteiger partial charge in [-0.15, -0.1) is 0 Å². The number of anilines is 2. The summed E-state index contributed by atoms with van der Waals surface area (Å²) in [5, 5.41) is 2.83. The number of hydrogen-bond donors (Lipinski definition) is 2. The molecule has 7 nitrogen and oxygen atoms in total. The smallest absolute Gasteiger partial charge is 0.267 e. The molecule has 2 N–H and O–H groups in total. The van der Waals surface area contributed by atoms with Crippen molar-refractivity contribution in [1.82, 2.24) is 4.98 Å². The number of amides is 1. The van der Waals surface area contributed by atoms with E-state index in [9.17, 15) is 13.2 Å². The molecule has 1 aromatic heterocycles. The van der Waals surface area contributed by atoms with Crippen LogP contribution < -0.4 is 14.8 Å². The lowest BCUT2D eigenvalue weighted by molar-refractivity contribution is -0.114. The molecule has 26 heavy (non-hydrogen) atoms. The van der Waals surface area contributed by atoms with Gasteiger partial charge in [0.15, 0.2) is 5.13 Å². The number of aromatic nitrogens is 1. The topological polar surface area (TPSA) is 97.4 Å². The molecule has 1 heterocycles. The minimum absolute atomic E-state index is 0.0649. The Morgan fingerprint density at radius 2 is 2.00 bits per heavy atom. The zero-order valence-electron chi connectivity index (χ0n) is 14.1. The van der Waals surface area contributed by atoms with Crippen LogP contribution in [0.15, 0.2) is 47.4 Å². The predicted octanol–water partition coefficient (Wildman–Crippen LogP) is 3.45. The highest BCUT2D eigenvalue weighted by Crippen LogP contribution is 2.32. The van der Waals surface area contributed by atoms with Crippen LogP contribution in [0.1, 0.15) is 13.8 Å². The van der Waals surface area contributed by atoms with Crippen molar-refractivity contribution in [2.24, 2.45) is 0 Å². The van der Waals surface area contributed by atoms with Crippen molar-refractivity contribution < 1.29 is 17.9 Å². The van der Waals surface area contributed by atoms with Crippen LogP contribution in [0.5, 0.6) is 5.75 Å². The molecule has 3 rings (SSSR count). The number of fused-ring (bicyclic) bond motifs is 1. The second kappa shape index (κ2) is 7.30. The molecule has 0 atom stereocenters. The maximum Gasteiger partial charge on any atom is 0.267 e. The summed E-state index contributed by atoms with van der Waals surface area (Å²) in [6, 6.07) is 11.8. The molecule has 2 aromatic carbocycles. The molecule has 0 saturated carbocycles. The first-order valence-corrected chi connectivity index (χ1v) is 10.1. The van der Waals surface area contributed by atoms with Gasteiger partial charge in [0.1, 0.15) is 10.6 Å². The van der Waals surface area contributed by atoms with E-state index in [4.69, 9.17) is 4.74 Å². The van der Waals surface area contributed by atoms with Gasteiger partial charge < -0.3 is 10.1 Å². The number of sulfonamides is 1. The van der Waals surface area contributed by atoms with Gasteiger partial charge in [0, 0.05) is 12.6 Å². The lowest BCUT2D eigenvalue weighted by Gasteiger charge is -2.13. The van der Waals surface area contributed by atoms with Crippen molar-refractivity contribution in [3.05, 3.63) is 42.5 Å². The first-order chi connectivity index (χ1) is 12.4. The minimum atomic E-state index is -3.95. The Balaban J connectivity index is 1.99. The minimum Gasteiger partial charge on any atom is -0.492 e. The lowest BCUT2D eigenvalue weighted by atomic mass is 10.3. The van der Waals surface area contributed by atoms with Gasteiger partial charge in [-0.05, 0) is 37.3 Å². The van der Waals surface area contributed by atoms with Gasteiger partial charge in [-0.1, -0.05) is 23.5 Å². The van der Waals surface area contributed by atoms with Crippen LogP contribution in [0.3, 0.4) is 0 Å². The number of para-hydroxylation sites is 1. The summed E-state index contributed by atoms with van der Waals surface area (Å²) in [5.41, 5.74) is 1.08. The van der Waals surface area contributed by atoms with Gasteiger partial charge in [-0.25, -0.2) is 13.4 Å². The summed E-state index contributed by atoms with van der Waals surface area (Å²) >= 11 is 1.24. The predicted molar refractivity (Wildman–Crippen MR) is 102 cm³/mol. The van der Waals surface area contributed by atoms with Gasteiger partial charge in [-0.3, -0.25) is 9.52 Å². The Morgan fingerprint density at radius 3 is 2.69 bits per heavy atom. The number of ether oxygens (including phenoxy) is 1. The molecule has 1 amide bonds. The van der Waals surface area contributed by atoms with Crippen molar-refractivity contribution in [1.29, 1.82) is 0 Å². The van der Waals surface area contributed by atoms with E-state index in [0.717, 1.165) is 4.70 Å². The fraction of sp³-hybridized carbons (Fsp3) is 0.176. The molecule has 0 aliphatic heterocycles. The van der Waals surface area contributed by atoms with E-state index in [1.54, 1.807) is 13.0 Å². The molecule has 0 aliphatic rings. The van der Waals surface area contributed by atoms with E-state index in [1.807, 2.05) is 24.3 Å². The molecule has 0 fully saturated rings. The number of benzene rings is 2. The van der Waals surface area contributed by atoms with E-state index in [1.165, 1.54) is 30.4 Å². The van der Waals surface area contributed by atoms with Crippen molar-refractivity contribution >= 4 is 48.3 Å². The third-order valence-electron chi connectivity index (χ3n) is 3.37. The Kier molecular flexibility index (Phi) is 5.10. The largest absolute Gasteiger partial charge is 0.492 e. The van der Waals surface area contributed by atoms with Crippen molar-refractivity contribution in [2.75, 3.05) is 16.6 Å². The number of rotatable bonds is 6. The molecule has 0 unspecified atom stereocenters. The third-order valence-corrected chi connectivity index (χ3v) is 5.81. The second-order valence-corrected chi connectivity index (χ2v) is 8.05. The summed E-state index contributed by atoms with van der Waals surface area (Å²) in [6.45, 7) is 3.42. The maximum absolute atomic E-state index is 12.9. The molecule has 3 aromatic rings. The Hall–Kier alpha value is -2.65. The standard InChI is InChI=1S/C17H17N3O4S2/c1-3-24-14-9-8-12(18-11(2)21)10-16(14)26(22,23)20-17-19-13-6-4-5-7-15(13)25-17/h4-10H,3H2,1-2H3,(H,18,21)(H,19,20). The Bertz CT molecular complexity index is 1030. The molecule has 136 valence electrons. The first kappa shape index (κ1) is 18.2. The zero-order chi connectivity index (χ0) is 18.7. The van der Waals surface area contributed by atoms with E-state index in [-0.39, 0.29) is 21.7 Å². The van der Waals surface area contributed by atoms with E-state index < -0.39 is 10.0 Å². The Morgan fingerprint density at radius 1 is 1.23 bits per heavy atom. The number of carbonyl (C=O) groups is 1. The number of nitrogens with one attached hydrogen (secondary N) is 2. The number of thiazole rings is 1. The van der Waals surface area contributed by atoms with Gasteiger partial charge in [0.25, 0.3) is 10.0 Å². The molecular weight excluding hydrogens is 374 g/mol. The average Bonchev–Trinajstić information content (AvgIpc) is 2.97. The normalized spacial score (nSPS) is 11.3. The van der Waals surface area contributed by atoms with E-state index in [0.29, 0.717) is 17.8 Å². The maximum atomic E-state index is 12.9. The SMILES string of the molecule is CCOc1ccc(NC(C)=O)cc1S(=O)(=O)Nc1nc2ccccc2s1. The third kappa shape index (κ3) is 3.94. The summed E-state index contributed by atoms with van der Waals surface area (Å²) in [5.74, 6) is -0.0909. The zero-order valence-corrected chi connectivity index (χ0v) is 15.8. The van der Waals surface area contributed by atoms with E-state index >= 15 is 0 Å². The molecular formula is C17H17N3O4S2. The molecule has 0 spiro atoms. The first-order valence-electron chi connectivity index (χ1n) is 7.82. The number of hydrogen-bond acceptors (Lipinski definition) is 6. The Labute approximate surface area is 155 Å². The van der Waals surface area contributed by atoms with Gasteiger partial charge in [-0.2, -0.15) is 0 Å². The quantitative estimate of drug-likeness (QED) is 0.671. The van der Waals surface area contributed by atoms with Gasteiger partial charge in [0.2, 0.25) is 5.91 Å². The number of nitrogens with zero attached hydrogens (tertiary/aromatic N) is 1. The molecule has 9 heteroatoms. The van der Waals surface area contributed by atoms with E-state index in [2.05, 4.69) is 15.0 Å². The second-order valence-electron chi connectivity index (χ2n) is 5.37. The molecule has 0 radical (unpaired) electrons. The van der Waals surface area contributed by atoms with Gasteiger partial charge in [0.05, 0.1) is 16.8 Å². The van der Waals surface area contributed by atoms with Crippen LogP contribution in [-0.4, -0.2) is 25.9 Å². The highest BCUT2D eigenvalue weighted by Gasteiger charge is 2.22. The van der Waals surface area contributed by atoms with Crippen molar-refractivity contribution in [3.63, 3.8) is 0 Å². The fourth-order valence-electron chi connectivity index (χ4n) is 2.36. The number of carbonyl (C=O) groups excluding carboxylic acids is 1. The summed E-state index contributed by atoms with van der Waals surface area (Å²) in [7, 11) is -3.95. The highest BCUT2D eigenvalue weighted by atomic mass is 32.2. The van der Waals surface area contributed by atoms with Crippen LogP contribution in [0, 0.1) is 0 Å². The summed E-state index contributed by atoms with van der Waals surface area (Å²) < 4.78 is 34.5. The summed E-state index contributed by atoms with van der Waals surface area (Å²) in [4.78, 5) is 15.5. The molecule has 0 saturated heterocycles. The fourth-order valence-corrected chi connectivity index (χ4v) is 4.63. The molecule has 0 aliphatic carbocycles.